The van der Waals surface area contributed by atoms with Crippen LogP contribution in [0.1, 0.15) is 41.1 Å². The Hall–Kier alpha value is -2.50. The van der Waals surface area contributed by atoms with Crippen molar-refractivity contribution in [1.82, 2.24) is 15.3 Å². The third-order valence-electron chi connectivity index (χ3n) is 4.10. The predicted molar refractivity (Wildman–Crippen MR) is 90.4 cm³/mol. The van der Waals surface area contributed by atoms with Crippen molar-refractivity contribution in [1.29, 1.82) is 0 Å². The Balaban J connectivity index is 1.69. The SMILES string of the molecule is Cc1nc(C(=O)NCc2ccc(F)cc2)cc(N2CCCCC2)n1. The fourth-order valence-corrected chi connectivity index (χ4v) is 2.83. The Morgan fingerprint density at radius 1 is 1.17 bits per heavy atom. The molecule has 1 aliphatic rings. The number of anilines is 1. The molecule has 1 fully saturated rings. The number of aryl methyl sites for hydroxylation is 1. The van der Waals surface area contributed by atoms with Gasteiger partial charge in [0.25, 0.3) is 5.91 Å². The van der Waals surface area contributed by atoms with Crippen LogP contribution in [0.3, 0.4) is 0 Å². The topological polar surface area (TPSA) is 58.1 Å². The van der Waals surface area contributed by atoms with Gasteiger partial charge in [0.15, 0.2) is 0 Å². The van der Waals surface area contributed by atoms with Gasteiger partial charge in [-0.15, -0.1) is 0 Å². The lowest BCUT2D eigenvalue weighted by molar-refractivity contribution is 0.0945. The summed E-state index contributed by atoms with van der Waals surface area (Å²) in [5.74, 6) is 0.866. The molecule has 1 N–H and O–H groups in total. The molecule has 0 aliphatic carbocycles. The van der Waals surface area contributed by atoms with Crippen LogP contribution in [0.4, 0.5) is 10.2 Å². The molecule has 0 bridgehead atoms. The molecule has 126 valence electrons. The fraction of sp³-hybridized carbons (Fsp3) is 0.389. The van der Waals surface area contributed by atoms with Gasteiger partial charge in [0.05, 0.1) is 0 Å². The van der Waals surface area contributed by atoms with Gasteiger partial charge in [-0.3, -0.25) is 4.79 Å². The van der Waals surface area contributed by atoms with E-state index in [1.54, 1.807) is 25.1 Å². The maximum absolute atomic E-state index is 12.9. The third kappa shape index (κ3) is 4.07. The molecule has 1 aromatic heterocycles. The van der Waals surface area contributed by atoms with Gasteiger partial charge in [0.2, 0.25) is 0 Å². The number of carbonyl (C=O) groups excluding carboxylic acids is 1. The number of rotatable bonds is 4. The van der Waals surface area contributed by atoms with Crippen molar-refractivity contribution in [3.8, 4) is 0 Å². The number of halogens is 1. The van der Waals surface area contributed by atoms with E-state index in [9.17, 15) is 9.18 Å². The lowest BCUT2D eigenvalue weighted by Gasteiger charge is -2.28. The van der Waals surface area contributed by atoms with Crippen molar-refractivity contribution in [2.24, 2.45) is 0 Å². The lowest BCUT2D eigenvalue weighted by atomic mass is 10.1. The highest BCUT2D eigenvalue weighted by atomic mass is 19.1. The van der Waals surface area contributed by atoms with Crippen molar-refractivity contribution in [3.63, 3.8) is 0 Å². The van der Waals surface area contributed by atoms with Gasteiger partial charge in [0, 0.05) is 25.7 Å². The molecule has 1 amide bonds. The summed E-state index contributed by atoms with van der Waals surface area (Å²) in [5, 5.41) is 2.82. The number of hydrogen-bond acceptors (Lipinski definition) is 4. The van der Waals surface area contributed by atoms with Gasteiger partial charge in [-0.1, -0.05) is 12.1 Å². The van der Waals surface area contributed by atoms with E-state index in [1.807, 2.05) is 0 Å². The molecule has 0 spiro atoms. The molecule has 0 unspecified atom stereocenters. The third-order valence-corrected chi connectivity index (χ3v) is 4.10. The Bertz CT molecular complexity index is 711. The van der Waals surface area contributed by atoms with Crippen LogP contribution in [0.5, 0.6) is 0 Å². The Labute approximate surface area is 140 Å². The van der Waals surface area contributed by atoms with Crippen LogP contribution in [0.15, 0.2) is 30.3 Å². The molecule has 5 nitrogen and oxygen atoms in total. The normalized spacial score (nSPS) is 14.5. The summed E-state index contributed by atoms with van der Waals surface area (Å²) in [6.45, 7) is 4.06. The predicted octanol–water partition coefficient (Wildman–Crippen LogP) is 2.84. The Morgan fingerprint density at radius 2 is 1.88 bits per heavy atom. The lowest BCUT2D eigenvalue weighted by Crippen LogP contribution is -2.31. The van der Waals surface area contributed by atoms with E-state index in [4.69, 9.17) is 0 Å². The van der Waals surface area contributed by atoms with E-state index in [-0.39, 0.29) is 11.7 Å². The maximum Gasteiger partial charge on any atom is 0.270 e. The molecule has 6 heteroatoms. The van der Waals surface area contributed by atoms with Crippen LogP contribution in [0.2, 0.25) is 0 Å². The zero-order chi connectivity index (χ0) is 16.9. The van der Waals surface area contributed by atoms with E-state index in [0.29, 0.717) is 18.1 Å². The summed E-state index contributed by atoms with van der Waals surface area (Å²) in [6.07, 6.45) is 3.54. The first kappa shape index (κ1) is 16.4. The zero-order valence-corrected chi connectivity index (χ0v) is 13.8. The molecule has 1 saturated heterocycles. The van der Waals surface area contributed by atoms with Gasteiger partial charge in [-0.05, 0) is 43.9 Å². The van der Waals surface area contributed by atoms with Gasteiger partial charge < -0.3 is 10.2 Å². The number of amides is 1. The smallest absolute Gasteiger partial charge is 0.270 e. The van der Waals surface area contributed by atoms with E-state index in [1.165, 1.54) is 18.6 Å². The molecule has 0 radical (unpaired) electrons. The summed E-state index contributed by atoms with van der Waals surface area (Å²) >= 11 is 0. The highest BCUT2D eigenvalue weighted by Crippen LogP contribution is 2.18. The van der Waals surface area contributed by atoms with Crippen molar-refractivity contribution >= 4 is 11.7 Å². The molecule has 0 saturated carbocycles. The number of nitrogens with one attached hydrogen (secondary N) is 1. The van der Waals surface area contributed by atoms with Crippen molar-refractivity contribution in [3.05, 3.63) is 53.2 Å². The summed E-state index contributed by atoms with van der Waals surface area (Å²) in [5.41, 5.74) is 1.21. The summed E-state index contributed by atoms with van der Waals surface area (Å²) in [4.78, 5) is 23.3. The second-order valence-electron chi connectivity index (χ2n) is 6.02. The number of hydrogen-bond donors (Lipinski definition) is 1. The van der Waals surface area contributed by atoms with Crippen molar-refractivity contribution in [2.45, 2.75) is 32.7 Å². The second-order valence-corrected chi connectivity index (χ2v) is 6.02. The molecular weight excluding hydrogens is 307 g/mol. The van der Waals surface area contributed by atoms with E-state index >= 15 is 0 Å². The quantitative estimate of drug-likeness (QED) is 0.937. The summed E-state index contributed by atoms with van der Waals surface area (Å²) in [6, 6.07) is 7.81. The first-order valence-corrected chi connectivity index (χ1v) is 8.25. The number of carbonyl (C=O) groups is 1. The van der Waals surface area contributed by atoms with E-state index < -0.39 is 0 Å². The van der Waals surface area contributed by atoms with Gasteiger partial charge in [0.1, 0.15) is 23.2 Å². The number of benzene rings is 1. The van der Waals surface area contributed by atoms with Crippen LogP contribution >= 0.6 is 0 Å². The van der Waals surface area contributed by atoms with Gasteiger partial charge >= 0.3 is 0 Å². The minimum absolute atomic E-state index is 0.247. The van der Waals surface area contributed by atoms with Crippen LogP contribution in [-0.2, 0) is 6.54 Å². The molecule has 2 aromatic rings. The second kappa shape index (κ2) is 7.38. The molecule has 24 heavy (non-hydrogen) atoms. The monoisotopic (exact) mass is 328 g/mol. The van der Waals surface area contributed by atoms with E-state index in [2.05, 4.69) is 20.2 Å². The summed E-state index contributed by atoms with van der Waals surface area (Å²) < 4.78 is 12.9. The molecular formula is C18H21FN4O. The van der Waals surface area contributed by atoms with Crippen LogP contribution in [0, 0.1) is 12.7 Å². The Kier molecular flexibility index (Phi) is 5.03. The van der Waals surface area contributed by atoms with Crippen LogP contribution < -0.4 is 10.2 Å². The average Bonchev–Trinajstić information content (AvgIpc) is 2.61. The highest BCUT2D eigenvalue weighted by Gasteiger charge is 2.16. The minimum atomic E-state index is -0.289. The molecule has 2 heterocycles. The first-order valence-electron chi connectivity index (χ1n) is 8.25. The largest absolute Gasteiger partial charge is 0.356 e. The number of piperidine rings is 1. The Morgan fingerprint density at radius 3 is 2.58 bits per heavy atom. The van der Waals surface area contributed by atoms with Crippen LogP contribution in [0.25, 0.3) is 0 Å². The maximum atomic E-state index is 12.9. The molecule has 1 aromatic carbocycles. The first-order chi connectivity index (χ1) is 11.6. The van der Waals surface area contributed by atoms with Gasteiger partial charge in [-0.25, -0.2) is 14.4 Å². The average molecular weight is 328 g/mol. The molecule has 0 atom stereocenters. The van der Waals surface area contributed by atoms with Crippen molar-refractivity contribution < 1.29 is 9.18 Å². The zero-order valence-electron chi connectivity index (χ0n) is 13.8. The highest BCUT2D eigenvalue weighted by molar-refractivity contribution is 5.92. The van der Waals surface area contributed by atoms with Gasteiger partial charge in [-0.2, -0.15) is 0 Å². The number of aromatic nitrogens is 2. The fourth-order valence-electron chi connectivity index (χ4n) is 2.83. The minimum Gasteiger partial charge on any atom is -0.356 e. The number of nitrogens with zero attached hydrogens (tertiary/aromatic N) is 3. The standard InChI is InChI=1S/C18H21FN4O/c1-13-21-16(11-17(22-13)23-9-3-2-4-10-23)18(24)20-12-14-5-7-15(19)8-6-14/h5-8,11H,2-4,9-10,12H2,1H3,(H,20,24). The summed E-state index contributed by atoms with van der Waals surface area (Å²) in [7, 11) is 0. The van der Waals surface area contributed by atoms with Crippen LogP contribution in [-0.4, -0.2) is 29.0 Å². The van der Waals surface area contributed by atoms with Crippen molar-refractivity contribution in [2.75, 3.05) is 18.0 Å². The molecule has 3 rings (SSSR count). The molecule has 1 aliphatic heterocycles. The van der Waals surface area contributed by atoms with E-state index in [0.717, 1.165) is 37.3 Å².